The van der Waals surface area contributed by atoms with Gasteiger partial charge in [-0.2, -0.15) is 0 Å². The van der Waals surface area contributed by atoms with Crippen LogP contribution in [0.1, 0.15) is 65.2 Å². The maximum atomic E-state index is 6.12. The molecule has 2 heteroatoms. The summed E-state index contributed by atoms with van der Waals surface area (Å²) in [5.74, 6) is 1.71. The van der Waals surface area contributed by atoms with Crippen LogP contribution in [0.4, 0.5) is 0 Å². The van der Waals surface area contributed by atoms with Crippen LogP contribution >= 0.6 is 0 Å². The molecule has 2 nitrogen and oxygen atoms in total. The van der Waals surface area contributed by atoms with Gasteiger partial charge in [0.15, 0.2) is 0 Å². The molecule has 2 saturated carbocycles. The van der Waals surface area contributed by atoms with Crippen LogP contribution in [0.2, 0.25) is 0 Å². The zero-order valence-electron chi connectivity index (χ0n) is 12.3. The van der Waals surface area contributed by atoms with E-state index in [9.17, 15) is 0 Å². The molecule has 0 aliphatic heterocycles. The number of ether oxygens (including phenoxy) is 1. The van der Waals surface area contributed by atoms with Crippen molar-refractivity contribution in [2.45, 2.75) is 77.4 Å². The van der Waals surface area contributed by atoms with Crippen molar-refractivity contribution in [2.75, 3.05) is 13.2 Å². The highest BCUT2D eigenvalue weighted by Crippen LogP contribution is 2.39. The van der Waals surface area contributed by atoms with Crippen molar-refractivity contribution in [2.24, 2.45) is 11.8 Å². The first-order chi connectivity index (χ1) is 8.86. The van der Waals surface area contributed by atoms with E-state index in [1.807, 2.05) is 0 Å². The maximum absolute atomic E-state index is 6.12. The SMILES string of the molecule is CCCNC(C1CCCCC1)C(OCC)C1CC1. The van der Waals surface area contributed by atoms with Crippen molar-refractivity contribution >= 4 is 0 Å². The third kappa shape index (κ3) is 3.96. The molecule has 0 heterocycles. The van der Waals surface area contributed by atoms with Gasteiger partial charge in [-0.15, -0.1) is 0 Å². The van der Waals surface area contributed by atoms with Gasteiger partial charge >= 0.3 is 0 Å². The Morgan fingerprint density at radius 3 is 2.28 bits per heavy atom. The molecular formula is C16H31NO. The normalized spacial score (nSPS) is 25.0. The minimum absolute atomic E-state index is 0.490. The molecule has 0 spiro atoms. The van der Waals surface area contributed by atoms with E-state index in [1.165, 1.54) is 51.4 Å². The minimum Gasteiger partial charge on any atom is -0.377 e. The molecule has 0 amide bonds. The Hall–Kier alpha value is -0.0800. The molecule has 0 radical (unpaired) electrons. The fourth-order valence-corrected chi connectivity index (χ4v) is 3.51. The van der Waals surface area contributed by atoms with E-state index < -0.39 is 0 Å². The standard InChI is InChI=1S/C16H31NO/c1-3-12-17-15(13-8-6-5-7-9-13)16(18-4-2)14-10-11-14/h13-17H,3-12H2,1-2H3. The predicted molar refractivity (Wildman–Crippen MR) is 76.8 cm³/mol. The molecule has 2 aliphatic carbocycles. The minimum atomic E-state index is 0.490. The van der Waals surface area contributed by atoms with Gasteiger partial charge in [-0.3, -0.25) is 0 Å². The Morgan fingerprint density at radius 2 is 1.72 bits per heavy atom. The molecule has 0 saturated heterocycles. The molecule has 106 valence electrons. The smallest absolute Gasteiger partial charge is 0.0758 e. The van der Waals surface area contributed by atoms with Crippen molar-refractivity contribution < 1.29 is 4.74 Å². The van der Waals surface area contributed by atoms with E-state index in [-0.39, 0.29) is 0 Å². The Bertz CT molecular complexity index is 221. The third-order valence-corrected chi connectivity index (χ3v) is 4.59. The van der Waals surface area contributed by atoms with Gasteiger partial charge in [-0.1, -0.05) is 26.2 Å². The Kier molecular flexibility index (Phi) is 5.97. The second-order valence-corrected chi connectivity index (χ2v) is 6.14. The molecular weight excluding hydrogens is 222 g/mol. The first-order valence-corrected chi connectivity index (χ1v) is 8.21. The first-order valence-electron chi connectivity index (χ1n) is 8.21. The Balaban J connectivity index is 1.96. The van der Waals surface area contributed by atoms with Gasteiger partial charge in [0, 0.05) is 12.6 Å². The summed E-state index contributed by atoms with van der Waals surface area (Å²) in [6, 6.07) is 0.623. The Labute approximate surface area is 113 Å². The second-order valence-electron chi connectivity index (χ2n) is 6.14. The average molecular weight is 253 g/mol. The highest BCUT2D eigenvalue weighted by molar-refractivity contribution is 4.94. The highest BCUT2D eigenvalue weighted by atomic mass is 16.5. The fourth-order valence-electron chi connectivity index (χ4n) is 3.51. The molecule has 0 bridgehead atoms. The summed E-state index contributed by atoms with van der Waals surface area (Å²) in [7, 11) is 0. The van der Waals surface area contributed by atoms with Gasteiger partial charge in [0.25, 0.3) is 0 Å². The number of rotatable bonds is 8. The van der Waals surface area contributed by atoms with Crippen molar-refractivity contribution in [1.82, 2.24) is 5.32 Å². The summed E-state index contributed by atoms with van der Waals surface area (Å²) in [6.45, 7) is 6.43. The van der Waals surface area contributed by atoms with E-state index in [0.29, 0.717) is 12.1 Å². The van der Waals surface area contributed by atoms with E-state index in [0.717, 1.165) is 25.0 Å². The third-order valence-electron chi connectivity index (χ3n) is 4.59. The molecule has 2 unspecified atom stereocenters. The highest BCUT2D eigenvalue weighted by Gasteiger charge is 2.40. The summed E-state index contributed by atoms with van der Waals surface area (Å²) in [5.41, 5.74) is 0. The second kappa shape index (κ2) is 7.49. The average Bonchev–Trinajstić information content (AvgIpc) is 3.23. The van der Waals surface area contributed by atoms with Crippen LogP contribution in [-0.4, -0.2) is 25.3 Å². The molecule has 2 atom stereocenters. The Morgan fingerprint density at radius 1 is 1.00 bits per heavy atom. The topological polar surface area (TPSA) is 21.3 Å². The zero-order valence-corrected chi connectivity index (χ0v) is 12.3. The monoisotopic (exact) mass is 253 g/mol. The molecule has 2 aliphatic rings. The van der Waals surface area contributed by atoms with E-state index in [4.69, 9.17) is 4.74 Å². The van der Waals surface area contributed by atoms with Gasteiger partial charge in [-0.25, -0.2) is 0 Å². The van der Waals surface area contributed by atoms with Gasteiger partial charge in [-0.05, 0) is 57.4 Å². The van der Waals surface area contributed by atoms with Crippen LogP contribution in [0.3, 0.4) is 0 Å². The molecule has 0 aromatic rings. The number of hydrogen-bond acceptors (Lipinski definition) is 2. The molecule has 0 aromatic heterocycles. The van der Waals surface area contributed by atoms with Crippen molar-refractivity contribution in [3.8, 4) is 0 Å². The van der Waals surface area contributed by atoms with Gasteiger partial charge < -0.3 is 10.1 Å². The largest absolute Gasteiger partial charge is 0.377 e. The van der Waals surface area contributed by atoms with Crippen molar-refractivity contribution in [3.63, 3.8) is 0 Å². The van der Waals surface area contributed by atoms with E-state index in [2.05, 4.69) is 19.2 Å². The quantitative estimate of drug-likeness (QED) is 0.711. The maximum Gasteiger partial charge on any atom is 0.0758 e. The summed E-state index contributed by atoms with van der Waals surface area (Å²) in [5, 5.41) is 3.82. The van der Waals surface area contributed by atoms with Crippen LogP contribution in [0.25, 0.3) is 0 Å². The van der Waals surface area contributed by atoms with Crippen LogP contribution in [0, 0.1) is 11.8 Å². The first kappa shape index (κ1) is 14.3. The molecule has 2 fully saturated rings. The summed E-state index contributed by atoms with van der Waals surface area (Å²) < 4.78 is 6.12. The van der Waals surface area contributed by atoms with Crippen LogP contribution in [0.5, 0.6) is 0 Å². The number of hydrogen-bond donors (Lipinski definition) is 1. The van der Waals surface area contributed by atoms with Crippen LogP contribution in [0.15, 0.2) is 0 Å². The lowest BCUT2D eigenvalue weighted by atomic mass is 9.80. The lowest BCUT2D eigenvalue weighted by molar-refractivity contribution is -0.00244. The van der Waals surface area contributed by atoms with Crippen LogP contribution in [-0.2, 0) is 4.74 Å². The lowest BCUT2D eigenvalue weighted by Gasteiger charge is -2.36. The predicted octanol–water partition coefficient (Wildman–Crippen LogP) is 3.75. The molecule has 2 rings (SSSR count). The van der Waals surface area contributed by atoms with Crippen molar-refractivity contribution in [3.05, 3.63) is 0 Å². The van der Waals surface area contributed by atoms with Gasteiger partial charge in [0.05, 0.1) is 6.10 Å². The zero-order chi connectivity index (χ0) is 12.8. The molecule has 0 aromatic carbocycles. The fraction of sp³-hybridized carbons (Fsp3) is 1.00. The molecule has 18 heavy (non-hydrogen) atoms. The summed E-state index contributed by atoms with van der Waals surface area (Å²) in [4.78, 5) is 0. The van der Waals surface area contributed by atoms with Gasteiger partial charge in [0.1, 0.15) is 0 Å². The summed E-state index contributed by atoms with van der Waals surface area (Å²) in [6.07, 6.45) is 11.6. The van der Waals surface area contributed by atoms with Crippen LogP contribution < -0.4 is 5.32 Å². The molecule has 1 N–H and O–H groups in total. The number of nitrogens with one attached hydrogen (secondary N) is 1. The summed E-state index contributed by atoms with van der Waals surface area (Å²) >= 11 is 0. The van der Waals surface area contributed by atoms with Gasteiger partial charge in [0.2, 0.25) is 0 Å². The van der Waals surface area contributed by atoms with E-state index >= 15 is 0 Å². The van der Waals surface area contributed by atoms with E-state index in [1.54, 1.807) is 0 Å². The lowest BCUT2D eigenvalue weighted by Crippen LogP contribution is -2.48. The van der Waals surface area contributed by atoms with Crippen molar-refractivity contribution in [1.29, 1.82) is 0 Å².